The summed E-state index contributed by atoms with van der Waals surface area (Å²) >= 11 is 0. The normalized spacial score (nSPS) is 11.2. The number of unbranched alkanes of at least 4 members (excludes halogenated alkanes) is 5. The number of Topliss-reactive ketones (excluding diaryl/α,β-unsaturated/α-hetero) is 2. The molecule has 170 valence electrons. The molecule has 0 unspecified atom stereocenters. The van der Waals surface area contributed by atoms with E-state index in [0.717, 1.165) is 38.7 Å². The van der Waals surface area contributed by atoms with Crippen molar-refractivity contribution in [3.8, 4) is 0 Å². The van der Waals surface area contributed by atoms with Crippen molar-refractivity contribution in [2.75, 3.05) is 33.0 Å². The van der Waals surface area contributed by atoms with E-state index < -0.39 is 0 Å². The topological polar surface area (TPSA) is 81.7 Å². The second kappa shape index (κ2) is 18.7. The van der Waals surface area contributed by atoms with Crippen LogP contribution in [-0.2, 0) is 23.9 Å². The molecule has 0 aromatic rings. The maximum atomic E-state index is 11.6. The number of hydrogen-bond acceptors (Lipinski definition) is 5. The quantitative estimate of drug-likeness (QED) is 0.304. The summed E-state index contributed by atoms with van der Waals surface area (Å²) < 4.78 is 10.9. The molecule has 0 aromatic heterocycles. The highest BCUT2D eigenvalue weighted by molar-refractivity contribution is 5.85. The zero-order valence-corrected chi connectivity index (χ0v) is 19.1. The Morgan fingerprint density at radius 3 is 1.76 bits per heavy atom. The Labute approximate surface area is 177 Å². The number of rotatable bonds is 20. The van der Waals surface area contributed by atoms with E-state index in [2.05, 4.69) is 5.32 Å². The molecule has 29 heavy (non-hydrogen) atoms. The van der Waals surface area contributed by atoms with Crippen LogP contribution in [0.25, 0.3) is 0 Å². The van der Waals surface area contributed by atoms with Crippen LogP contribution >= 0.6 is 0 Å². The summed E-state index contributed by atoms with van der Waals surface area (Å²) in [5.41, 5.74) is 0. The van der Waals surface area contributed by atoms with Crippen molar-refractivity contribution in [1.29, 1.82) is 0 Å². The van der Waals surface area contributed by atoms with Gasteiger partial charge in [0.25, 0.3) is 0 Å². The molecule has 0 aromatic carbocycles. The van der Waals surface area contributed by atoms with Crippen molar-refractivity contribution in [1.82, 2.24) is 5.32 Å². The van der Waals surface area contributed by atoms with E-state index in [1.54, 1.807) is 0 Å². The Morgan fingerprint density at radius 2 is 1.14 bits per heavy atom. The number of ether oxygens (including phenoxy) is 2. The third-order valence-electron chi connectivity index (χ3n) is 4.79. The van der Waals surface area contributed by atoms with Crippen molar-refractivity contribution < 1.29 is 23.9 Å². The lowest BCUT2D eigenvalue weighted by atomic mass is 10.0. The maximum absolute atomic E-state index is 11.6. The lowest BCUT2D eigenvalue weighted by molar-refractivity contribution is -0.126. The molecule has 0 atom stereocenters. The second-order valence-corrected chi connectivity index (χ2v) is 8.19. The van der Waals surface area contributed by atoms with Crippen LogP contribution in [0.3, 0.4) is 0 Å². The average molecular weight is 414 g/mol. The summed E-state index contributed by atoms with van der Waals surface area (Å²) in [5.74, 6) is 0.459. The monoisotopic (exact) mass is 413 g/mol. The molecule has 0 fully saturated rings. The highest BCUT2D eigenvalue weighted by Crippen LogP contribution is 2.06. The molecular formula is C23H43NO5. The van der Waals surface area contributed by atoms with E-state index in [0.29, 0.717) is 45.6 Å². The molecule has 0 saturated carbocycles. The van der Waals surface area contributed by atoms with E-state index in [4.69, 9.17) is 9.47 Å². The molecule has 0 saturated heterocycles. The smallest absolute Gasteiger partial charge is 0.220 e. The molecule has 1 N–H and O–H groups in total. The van der Waals surface area contributed by atoms with Gasteiger partial charge in [-0.25, -0.2) is 0 Å². The fraction of sp³-hybridized carbons (Fsp3) is 0.870. The van der Waals surface area contributed by atoms with E-state index >= 15 is 0 Å². The third-order valence-corrected chi connectivity index (χ3v) is 4.79. The van der Waals surface area contributed by atoms with Gasteiger partial charge in [-0.05, 0) is 12.8 Å². The fourth-order valence-corrected chi connectivity index (χ4v) is 2.66. The Kier molecular flexibility index (Phi) is 17.9. The molecule has 6 heteroatoms. The molecule has 0 radical (unpaired) electrons. The van der Waals surface area contributed by atoms with Gasteiger partial charge in [-0.1, -0.05) is 53.4 Å². The lowest BCUT2D eigenvalue weighted by Crippen LogP contribution is -2.25. The number of amides is 1. The van der Waals surface area contributed by atoms with E-state index in [1.165, 1.54) is 6.42 Å². The summed E-state index contributed by atoms with van der Waals surface area (Å²) in [6.45, 7) is 10.6. The van der Waals surface area contributed by atoms with Crippen LogP contribution in [0.4, 0.5) is 0 Å². The number of carbonyl (C=O) groups excluding carboxylic acids is 3. The van der Waals surface area contributed by atoms with Crippen LogP contribution in [0.2, 0.25) is 0 Å². The summed E-state index contributed by atoms with van der Waals surface area (Å²) in [6.07, 6.45) is 7.75. The van der Waals surface area contributed by atoms with Crippen molar-refractivity contribution in [3.63, 3.8) is 0 Å². The molecule has 0 spiro atoms. The van der Waals surface area contributed by atoms with Crippen LogP contribution in [0.5, 0.6) is 0 Å². The molecule has 6 nitrogen and oxygen atoms in total. The highest BCUT2D eigenvalue weighted by Gasteiger charge is 2.09. The molecule has 0 heterocycles. The van der Waals surface area contributed by atoms with Crippen molar-refractivity contribution >= 4 is 17.5 Å². The predicted molar refractivity (Wildman–Crippen MR) is 116 cm³/mol. The largest absolute Gasteiger partial charge is 0.379 e. The first-order valence-electron chi connectivity index (χ1n) is 11.3. The predicted octanol–water partition coefficient (Wildman–Crippen LogP) is 4.10. The molecule has 0 aliphatic heterocycles. The molecule has 0 rings (SSSR count). The van der Waals surface area contributed by atoms with Gasteiger partial charge in [0.15, 0.2) is 0 Å². The van der Waals surface area contributed by atoms with E-state index in [1.807, 2.05) is 27.7 Å². The fourth-order valence-electron chi connectivity index (χ4n) is 2.66. The third kappa shape index (κ3) is 18.5. The number of carbonyl (C=O) groups is 3. The summed E-state index contributed by atoms with van der Waals surface area (Å²) in [5, 5.41) is 2.89. The Hall–Kier alpha value is -1.27. The first kappa shape index (κ1) is 27.7. The Balaban J connectivity index is 3.25. The second-order valence-electron chi connectivity index (χ2n) is 8.19. The van der Waals surface area contributed by atoms with Gasteiger partial charge in [-0.3, -0.25) is 14.4 Å². The first-order valence-corrected chi connectivity index (χ1v) is 11.3. The molecule has 0 aliphatic carbocycles. The Bertz CT molecular complexity index is 449. The van der Waals surface area contributed by atoms with Crippen LogP contribution in [0.1, 0.15) is 85.5 Å². The maximum Gasteiger partial charge on any atom is 0.220 e. The van der Waals surface area contributed by atoms with Crippen LogP contribution in [-0.4, -0.2) is 50.4 Å². The summed E-state index contributed by atoms with van der Waals surface area (Å²) in [4.78, 5) is 34.5. The zero-order valence-electron chi connectivity index (χ0n) is 19.1. The SMILES string of the molecule is CC(C)C(=O)CCOCCOCCCCCCCCNC(=O)CCC(=O)C(C)C. The zero-order chi connectivity index (χ0) is 21.9. The van der Waals surface area contributed by atoms with E-state index in [-0.39, 0.29) is 29.3 Å². The van der Waals surface area contributed by atoms with Gasteiger partial charge in [0.1, 0.15) is 11.6 Å². The van der Waals surface area contributed by atoms with Gasteiger partial charge < -0.3 is 14.8 Å². The standard InChI is InChI=1S/C23H43NO5/c1-19(2)21(25)11-12-23(27)24-14-9-7-5-6-8-10-15-28-17-18-29-16-13-22(26)20(3)4/h19-20H,5-18H2,1-4H3,(H,24,27). The van der Waals surface area contributed by atoms with Gasteiger partial charge in [-0.15, -0.1) is 0 Å². The van der Waals surface area contributed by atoms with Crippen LogP contribution in [0, 0.1) is 11.8 Å². The average Bonchev–Trinajstić information content (AvgIpc) is 2.68. The number of nitrogens with one attached hydrogen (secondary N) is 1. The van der Waals surface area contributed by atoms with E-state index in [9.17, 15) is 14.4 Å². The molecule has 0 aliphatic rings. The molecule has 0 bridgehead atoms. The summed E-state index contributed by atoms with van der Waals surface area (Å²) in [6, 6.07) is 0. The summed E-state index contributed by atoms with van der Waals surface area (Å²) in [7, 11) is 0. The van der Waals surface area contributed by atoms with Gasteiger partial charge in [-0.2, -0.15) is 0 Å². The van der Waals surface area contributed by atoms with Gasteiger partial charge >= 0.3 is 0 Å². The minimum atomic E-state index is -0.0216. The van der Waals surface area contributed by atoms with Crippen molar-refractivity contribution in [3.05, 3.63) is 0 Å². The molecular weight excluding hydrogens is 370 g/mol. The van der Waals surface area contributed by atoms with Crippen molar-refractivity contribution in [2.24, 2.45) is 11.8 Å². The minimum absolute atomic E-state index is 0.00745. The Morgan fingerprint density at radius 1 is 0.621 bits per heavy atom. The molecule has 1 amide bonds. The van der Waals surface area contributed by atoms with Gasteiger partial charge in [0, 0.05) is 44.2 Å². The van der Waals surface area contributed by atoms with Gasteiger partial charge in [0.2, 0.25) is 5.91 Å². The first-order chi connectivity index (χ1) is 13.8. The van der Waals surface area contributed by atoms with Crippen LogP contribution < -0.4 is 5.32 Å². The number of ketones is 2. The lowest BCUT2D eigenvalue weighted by Gasteiger charge is -2.07. The minimum Gasteiger partial charge on any atom is -0.379 e. The van der Waals surface area contributed by atoms with Crippen LogP contribution in [0.15, 0.2) is 0 Å². The number of hydrogen-bond donors (Lipinski definition) is 1. The highest BCUT2D eigenvalue weighted by atomic mass is 16.5. The van der Waals surface area contributed by atoms with Gasteiger partial charge in [0.05, 0.1) is 19.8 Å². The van der Waals surface area contributed by atoms with Crippen molar-refractivity contribution in [2.45, 2.75) is 85.5 Å².